The van der Waals surface area contributed by atoms with E-state index in [1.165, 1.54) is 30.2 Å². The summed E-state index contributed by atoms with van der Waals surface area (Å²) in [6, 6.07) is 12.4. The second-order valence-electron chi connectivity index (χ2n) is 6.60. The van der Waals surface area contributed by atoms with Gasteiger partial charge in [-0.05, 0) is 37.1 Å². The molecule has 1 fully saturated rings. The van der Waals surface area contributed by atoms with E-state index in [-0.39, 0.29) is 23.6 Å². The SMILES string of the molecule is COC(=O)c1ccccc1NC(=O)[C@@H]1CCCN(C(=O)c2ccccc2F)C1. The van der Waals surface area contributed by atoms with Crippen molar-refractivity contribution in [3.05, 3.63) is 65.5 Å². The molecule has 3 rings (SSSR count). The average molecular weight is 384 g/mol. The summed E-state index contributed by atoms with van der Waals surface area (Å²) in [5.74, 6) is -2.29. The van der Waals surface area contributed by atoms with Crippen molar-refractivity contribution < 1.29 is 23.5 Å². The second-order valence-corrected chi connectivity index (χ2v) is 6.60. The molecule has 146 valence electrons. The second kappa shape index (κ2) is 8.65. The molecule has 1 aliphatic heterocycles. The number of likely N-dealkylation sites (tertiary alicyclic amines) is 1. The van der Waals surface area contributed by atoms with Crippen LogP contribution in [0.3, 0.4) is 0 Å². The average Bonchev–Trinajstić information content (AvgIpc) is 2.73. The van der Waals surface area contributed by atoms with Gasteiger partial charge in [-0.2, -0.15) is 0 Å². The summed E-state index contributed by atoms with van der Waals surface area (Å²) in [5, 5.41) is 2.75. The van der Waals surface area contributed by atoms with Crippen LogP contribution < -0.4 is 5.32 Å². The molecular weight excluding hydrogens is 363 g/mol. The Morgan fingerprint density at radius 2 is 1.75 bits per heavy atom. The van der Waals surface area contributed by atoms with Gasteiger partial charge in [-0.15, -0.1) is 0 Å². The predicted molar refractivity (Wildman–Crippen MR) is 101 cm³/mol. The van der Waals surface area contributed by atoms with Crippen LogP contribution in [0, 0.1) is 11.7 Å². The maximum atomic E-state index is 13.9. The Kier molecular flexibility index (Phi) is 6.03. The fraction of sp³-hybridized carbons (Fsp3) is 0.286. The van der Waals surface area contributed by atoms with Crippen LogP contribution in [0.1, 0.15) is 33.6 Å². The van der Waals surface area contributed by atoms with Gasteiger partial charge in [0.15, 0.2) is 0 Å². The maximum Gasteiger partial charge on any atom is 0.339 e. The van der Waals surface area contributed by atoms with Crippen molar-refractivity contribution >= 4 is 23.5 Å². The number of hydrogen-bond acceptors (Lipinski definition) is 4. The molecule has 6 nitrogen and oxygen atoms in total. The molecule has 1 saturated heterocycles. The molecule has 0 radical (unpaired) electrons. The van der Waals surface area contributed by atoms with Crippen LogP contribution in [0.4, 0.5) is 10.1 Å². The van der Waals surface area contributed by atoms with Crippen LogP contribution in [0.5, 0.6) is 0 Å². The number of hydrogen-bond donors (Lipinski definition) is 1. The number of anilines is 1. The third kappa shape index (κ3) is 4.19. The Morgan fingerprint density at radius 3 is 2.46 bits per heavy atom. The van der Waals surface area contributed by atoms with E-state index < -0.39 is 23.6 Å². The van der Waals surface area contributed by atoms with Crippen LogP contribution in [-0.4, -0.2) is 42.9 Å². The van der Waals surface area contributed by atoms with Gasteiger partial charge >= 0.3 is 5.97 Å². The van der Waals surface area contributed by atoms with Crippen LogP contribution >= 0.6 is 0 Å². The highest BCUT2D eigenvalue weighted by Crippen LogP contribution is 2.23. The molecule has 1 N–H and O–H groups in total. The highest BCUT2D eigenvalue weighted by atomic mass is 19.1. The minimum absolute atomic E-state index is 0.000375. The Hall–Kier alpha value is -3.22. The number of carbonyl (C=O) groups excluding carboxylic acids is 3. The summed E-state index contributed by atoms with van der Waals surface area (Å²) >= 11 is 0. The van der Waals surface area contributed by atoms with Gasteiger partial charge in [0.05, 0.1) is 29.8 Å². The highest BCUT2D eigenvalue weighted by molar-refractivity contribution is 6.02. The van der Waals surface area contributed by atoms with Crippen LogP contribution in [-0.2, 0) is 9.53 Å². The number of carbonyl (C=O) groups is 3. The molecule has 28 heavy (non-hydrogen) atoms. The monoisotopic (exact) mass is 384 g/mol. The predicted octanol–water partition coefficient (Wildman–Crippen LogP) is 3.10. The lowest BCUT2D eigenvalue weighted by Crippen LogP contribution is -2.44. The fourth-order valence-corrected chi connectivity index (χ4v) is 3.30. The molecule has 2 aromatic carbocycles. The first kappa shape index (κ1) is 19.5. The smallest absolute Gasteiger partial charge is 0.339 e. The zero-order valence-corrected chi connectivity index (χ0v) is 15.5. The van der Waals surface area contributed by atoms with E-state index in [9.17, 15) is 18.8 Å². The molecule has 2 aromatic rings. The van der Waals surface area contributed by atoms with Crippen molar-refractivity contribution in [2.45, 2.75) is 12.8 Å². The molecule has 1 atom stereocenters. The van der Waals surface area contributed by atoms with Gasteiger partial charge in [0.25, 0.3) is 5.91 Å². The number of halogens is 1. The Balaban J connectivity index is 1.71. The molecule has 1 heterocycles. The van der Waals surface area contributed by atoms with Crippen molar-refractivity contribution in [1.82, 2.24) is 4.90 Å². The summed E-state index contributed by atoms with van der Waals surface area (Å²) in [4.78, 5) is 38.7. The van der Waals surface area contributed by atoms with E-state index in [2.05, 4.69) is 5.32 Å². The normalized spacial score (nSPS) is 16.4. The Morgan fingerprint density at radius 1 is 1.07 bits per heavy atom. The van der Waals surface area contributed by atoms with Gasteiger partial charge in [0.1, 0.15) is 5.82 Å². The van der Waals surface area contributed by atoms with Gasteiger partial charge in [0.2, 0.25) is 5.91 Å². The molecule has 7 heteroatoms. The molecule has 2 amide bonds. The molecule has 0 aliphatic carbocycles. The van der Waals surface area contributed by atoms with E-state index in [1.54, 1.807) is 30.3 Å². The van der Waals surface area contributed by atoms with Gasteiger partial charge in [-0.3, -0.25) is 9.59 Å². The number of piperidine rings is 1. The molecule has 0 unspecified atom stereocenters. The van der Waals surface area contributed by atoms with E-state index in [1.807, 2.05) is 0 Å². The zero-order valence-electron chi connectivity index (χ0n) is 15.5. The van der Waals surface area contributed by atoms with E-state index >= 15 is 0 Å². The first-order valence-electron chi connectivity index (χ1n) is 9.03. The number of nitrogens with zero attached hydrogens (tertiary/aromatic N) is 1. The number of esters is 1. The minimum Gasteiger partial charge on any atom is -0.465 e. The summed E-state index contributed by atoms with van der Waals surface area (Å²) in [5.41, 5.74) is 0.616. The largest absolute Gasteiger partial charge is 0.465 e. The first-order chi connectivity index (χ1) is 13.5. The fourth-order valence-electron chi connectivity index (χ4n) is 3.30. The van der Waals surface area contributed by atoms with Crippen LogP contribution in [0.2, 0.25) is 0 Å². The van der Waals surface area contributed by atoms with Crippen molar-refractivity contribution in [3.8, 4) is 0 Å². The quantitative estimate of drug-likeness (QED) is 0.822. The van der Waals surface area contributed by atoms with Crippen molar-refractivity contribution in [3.63, 3.8) is 0 Å². The lowest BCUT2D eigenvalue weighted by Gasteiger charge is -2.32. The third-order valence-corrected chi connectivity index (χ3v) is 4.77. The minimum atomic E-state index is -0.578. The lowest BCUT2D eigenvalue weighted by atomic mass is 9.96. The zero-order chi connectivity index (χ0) is 20.1. The first-order valence-corrected chi connectivity index (χ1v) is 9.03. The van der Waals surface area contributed by atoms with Crippen molar-refractivity contribution in [1.29, 1.82) is 0 Å². The Labute approximate surface area is 162 Å². The molecule has 0 aromatic heterocycles. The van der Waals surface area contributed by atoms with Gasteiger partial charge in [-0.25, -0.2) is 9.18 Å². The van der Waals surface area contributed by atoms with Crippen molar-refractivity contribution in [2.75, 3.05) is 25.5 Å². The van der Waals surface area contributed by atoms with Gasteiger partial charge in [-0.1, -0.05) is 24.3 Å². The Bertz CT molecular complexity index is 899. The van der Waals surface area contributed by atoms with Crippen molar-refractivity contribution in [2.24, 2.45) is 5.92 Å². The summed E-state index contributed by atoms with van der Waals surface area (Å²) in [7, 11) is 1.27. The molecule has 0 bridgehead atoms. The van der Waals surface area contributed by atoms with E-state index in [0.29, 0.717) is 25.1 Å². The number of nitrogens with one attached hydrogen (secondary N) is 1. The molecule has 0 spiro atoms. The van der Waals surface area contributed by atoms with Gasteiger partial charge in [0, 0.05) is 13.1 Å². The number of amides is 2. The standard InChI is InChI=1S/C21H21FN2O4/c1-28-21(27)16-9-3-5-11-18(16)23-19(25)14-7-6-12-24(13-14)20(26)15-8-2-4-10-17(15)22/h2-5,8-11,14H,6-7,12-13H2,1H3,(H,23,25)/t14-/m1/s1. The molecule has 1 aliphatic rings. The number of ether oxygens (including phenoxy) is 1. The van der Waals surface area contributed by atoms with E-state index in [4.69, 9.17) is 4.74 Å². The summed E-state index contributed by atoms with van der Waals surface area (Å²) < 4.78 is 18.7. The van der Waals surface area contributed by atoms with E-state index in [0.717, 1.165) is 0 Å². The van der Waals surface area contributed by atoms with Crippen LogP contribution in [0.25, 0.3) is 0 Å². The lowest BCUT2D eigenvalue weighted by molar-refractivity contribution is -0.121. The third-order valence-electron chi connectivity index (χ3n) is 4.77. The molecule has 0 saturated carbocycles. The summed E-state index contributed by atoms with van der Waals surface area (Å²) in [6.07, 6.45) is 1.24. The topological polar surface area (TPSA) is 75.7 Å². The molecular formula is C21H21FN2O4. The summed E-state index contributed by atoms with van der Waals surface area (Å²) in [6.45, 7) is 0.662. The van der Waals surface area contributed by atoms with Crippen LogP contribution in [0.15, 0.2) is 48.5 Å². The number of rotatable bonds is 4. The number of para-hydroxylation sites is 1. The maximum absolute atomic E-state index is 13.9. The number of methoxy groups -OCH3 is 1. The van der Waals surface area contributed by atoms with Gasteiger partial charge < -0.3 is 15.0 Å². The highest BCUT2D eigenvalue weighted by Gasteiger charge is 2.30. The number of benzene rings is 2.